The van der Waals surface area contributed by atoms with Gasteiger partial charge < -0.3 is 9.47 Å². The lowest BCUT2D eigenvalue weighted by Crippen LogP contribution is -2.47. The van der Waals surface area contributed by atoms with Gasteiger partial charge in [-0.2, -0.15) is 0 Å². The largest absolute Gasteiger partial charge is 0.454 e. The van der Waals surface area contributed by atoms with Gasteiger partial charge in [0.1, 0.15) is 0 Å². The predicted octanol–water partition coefficient (Wildman–Crippen LogP) is 4.19. The van der Waals surface area contributed by atoms with Crippen LogP contribution in [-0.4, -0.2) is 47.8 Å². The first kappa shape index (κ1) is 21.0. The van der Waals surface area contributed by atoms with Gasteiger partial charge in [-0.15, -0.1) is 0 Å². The van der Waals surface area contributed by atoms with Crippen LogP contribution >= 0.6 is 15.9 Å². The molecule has 1 amide bonds. The number of halogens is 1. The maximum Gasteiger partial charge on any atom is 0.270 e. The normalized spacial score (nSPS) is 13.5. The van der Waals surface area contributed by atoms with E-state index in [9.17, 15) is 14.9 Å². The Morgan fingerprint density at radius 2 is 1.90 bits per heavy atom. The second kappa shape index (κ2) is 8.12. The molecule has 2 heterocycles. The Balaban J connectivity index is 1.90. The first-order valence-electron chi connectivity index (χ1n) is 9.40. The van der Waals surface area contributed by atoms with E-state index in [4.69, 9.17) is 9.47 Å². The van der Waals surface area contributed by atoms with Crippen LogP contribution in [0.25, 0.3) is 10.9 Å². The molecule has 31 heavy (non-hydrogen) atoms. The second-order valence-electron chi connectivity index (χ2n) is 7.24. The number of rotatable bonds is 5. The minimum absolute atomic E-state index is 0.123. The van der Waals surface area contributed by atoms with Crippen LogP contribution in [0.5, 0.6) is 11.5 Å². The maximum atomic E-state index is 13.7. The van der Waals surface area contributed by atoms with Gasteiger partial charge >= 0.3 is 0 Å². The van der Waals surface area contributed by atoms with Crippen LogP contribution < -0.4 is 14.4 Å². The molecule has 2 aromatic carbocycles. The molecule has 9 nitrogen and oxygen atoms in total. The highest BCUT2D eigenvalue weighted by molar-refractivity contribution is 9.10. The number of nitro groups is 1. The van der Waals surface area contributed by atoms with Gasteiger partial charge in [0.15, 0.2) is 11.5 Å². The molecule has 0 N–H and O–H groups in total. The lowest BCUT2D eigenvalue weighted by atomic mass is 10.1. The highest BCUT2D eigenvalue weighted by Gasteiger charge is 2.29. The molecule has 160 valence electrons. The molecule has 0 saturated carbocycles. The number of pyridine rings is 1. The summed E-state index contributed by atoms with van der Waals surface area (Å²) in [6.45, 7) is 2.00. The van der Waals surface area contributed by atoms with Gasteiger partial charge in [0, 0.05) is 34.3 Å². The van der Waals surface area contributed by atoms with Crippen molar-refractivity contribution < 1.29 is 19.2 Å². The molecule has 3 aromatic rings. The summed E-state index contributed by atoms with van der Waals surface area (Å²) in [5, 5.41) is 12.0. The van der Waals surface area contributed by atoms with Gasteiger partial charge in [0.05, 0.1) is 27.9 Å². The van der Waals surface area contributed by atoms with Crippen molar-refractivity contribution in [2.24, 2.45) is 0 Å². The molecule has 1 aromatic heterocycles. The Kier molecular flexibility index (Phi) is 5.50. The molecule has 0 fully saturated rings. The maximum absolute atomic E-state index is 13.7. The molecule has 1 aliphatic heterocycles. The van der Waals surface area contributed by atoms with Gasteiger partial charge in [-0.25, -0.2) is 0 Å². The summed E-state index contributed by atoms with van der Waals surface area (Å²) >= 11 is 3.36. The summed E-state index contributed by atoms with van der Waals surface area (Å²) in [5.74, 6) is 0.780. The van der Waals surface area contributed by atoms with Crippen molar-refractivity contribution in [3.63, 3.8) is 0 Å². The van der Waals surface area contributed by atoms with Crippen LogP contribution in [-0.2, 0) is 0 Å². The predicted molar refractivity (Wildman–Crippen MR) is 119 cm³/mol. The van der Waals surface area contributed by atoms with Gasteiger partial charge in [0.2, 0.25) is 6.79 Å². The van der Waals surface area contributed by atoms with Crippen molar-refractivity contribution in [2.75, 3.05) is 25.8 Å². The molecular weight excluding hydrogens is 468 g/mol. The number of hydrogen-bond donors (Lipinski definition) is 0. The first-order valence-corrected chi connectivity index (χ1v) is 10.2. The van der Waals surface area contributed by atoms with Crippen molar-refractivity contribution in [1.82, 2.24) is 9.88 Å². The number of ether oxygens (including phenoxy) is 2. The fourth-order valence-corrected chi connectivity index (χ4v) is 3.78. The zero-order valence-corrected chi connectivity index (χ0v) is 18.6. The lowest BCUT2D eigenvalue weighted by Gasteiger charge is -2.34. The Hall–Kier alpha value is -3.24. The van der Waals surface area contributed by atoms with Crippen LogP contribution in [0.2, 0.25) is 0 Å². The number of fused-ring (bicyclic) bond motifs is 2. The van der Waals surface area contributed by atoms with Crippen LogP contribution in [0.1, 0.15) is 17.3 Å². The summed E-state index contributed by atoms with van der Waals surface area (Å²) < 4.78 is 11.4. The molecular formula is C21H19BrN4O5. The van der Waals surface area contributed by atoms with Crippen molar-refractivity contribution in [1.29, 1.82) is 0 Å². The van der Waals surface area contributed by atoms with Crippen LogP contribution in [0.4, 0.5) is 11.4 Å². The molecule has 0 radical (unpaired) electrons. The van der Waals surface area contributed by atoms with Crippen molar-refractivity contribution in [3.05, 3.63) is 62.7 Å². The monoisotopic (exact) mass is 486 g/mol. The van der Waals surface area contributed by atoms with E-state index in [2.05, 4.69) is 20.9 Å². The third kappa shape index (κ3) is 3.79. The molecule has 0 saturated heterocycles. The van der Waals surface area contributed by atoms with Gasteiger partial charge in [-0.3, -0.25) is 29.7 Å². The Morgan fingerprint density at radius 1 is 1.19 bits per heavy atom. The standard InChI is InChI=1S/C21H19BrN4O5/c1-12(24(2)3)25(21(27)14-8-13(26(28)29)4-5-16(14)22)18-6-7-23-17-10-20-19(9-15(17)18)30-11-31-20/h4-10,12H,11H2,1-3H3. The van der Waals surface area contributed by atoms with E-state index in [-0.39, 0.29) is 30.1 Å². The smallest absolute Gasteiger partial charge is 0.270 e. The Morgan fingerprint density at radius 3 is 2.58 bits per heavy atom. The van der Waals surface area contributed by atoms with Gasteiger partial charge in [-0.05, 0) is 55.1 Å². The average Bonchev–Trinajstić information content (AvgIpc) is 3.19. The minimum atomic E-state index is -0.522. The number of aromatic nitrogens is 1. The summed E-state index contributed by atoms with van der Waals surface area (Å²) in [6, 6.07) is 9.45. The quantitative estimate of drug-likeness (QED) is 0.303. The van der Waals surface area contributed by atoms with Crippen LogP contribution in [0.3, 0.4) is 0 Å². The van der Waals surface area contributed by atoms with Crippen molar-refractivity contribution >= 4 is 44.1 Å². The highest BCUT2D eigenvalue weighted by atomic mass is 79.9. The van der Waals surface area contributed by atoms with E-state index in [0.717, 1.165) is 0 Å². The molecule has 10 heteroatoms. The zero-order chi connectivity index (χ0) is 22.3. The number of nitro benzene ring substituents is 1. The number of carbonyl (C=O) groups is 1. The number of anilines is 1. The van der Waals surface area contributed by atoms with Crippen molar-refractivity contribution in [2.45, 2.75) is 13.1 Å². The van der Waals surface area contributed by atoms with Crippen LogP contribution in [0, 0.1) is 10.1 Å². The highest BCUT2D eigenvalue weighted by Crippen LogP contribution is 2.39. The number of amides is 1. The number of non-ortho nitro benzene ring substituents is 1. The molecule has 1 atom stereocenters. The summed E-state index contributed by atoms with van der Waals surface area (Å²) in [7, 11) is 3.71. The fraction of sp³-hybridized carbons (Fsp3) is 0.238. The number of benzene rings is 2. The van der Waals surface area contributed by atoms with E-state index in [0.29, 0.717) is 32.6 Å². The van der Waals surface area contributed by atoms with E-state index in [1.54, 1.807) is 29.3 Å². The molecule has 0 bridgehead atoms. The third-order valence-corrected chi connectivity index (χ3v) is 5.89. The lowest BCUT2D eigenvalue weighted by molar-refractivity contribution is -0.384. The minimum Gasteiger partial charge on any atom is -0.454 e. The van der Waals surface area contributed by atoms with E-state index in [1.807, 2.05) is 25.9 Å². The third-order valence-electron chi connectivity index (χ3n) is 5.20. The Labute approximate surface area is 186 Å². The van der Waals surface area contributed by atoms with Crippen LogP contribution in [0.15, 0.2) is 47.1 Å². The summed E-state index contributed by atoms with van der Waals surface area (Å²) in [5.41, 5.74) is 1.28. The molecule has 0 aliphatic carbocycles. The molecule has 0 spiro atoms. The topological polar surface area (TPSA) is 98.0 Å². The SMILES string of the molecule is CC(N(C)C)N(C(=O)c1cc([N+](=O)[O-])ccc1Br)c1ccnc2cc3c(cc12)OCO3. The first-order chi connectivity index (χ1) is 14.8. The summed E-state index contributed by atoms with van der Waals surface area (Å²) in [6.07, 6.45) is 1.25. The van der Waals surface area contributed by atoms with Gasteiger partial charge in [-0.1, -0.05) is 0 Å². The zero-order valence-electron chi connectivity index (χ0n) is 17.0. The number of nitrogens with zero attached hydrogens (tertiary/aromatic N) is 4. The Bertz CT molecular complexity index is 1200. The number of hydrogen-bond acceptors (Lipinski definition) is 7. The number of carbonyl (C=O) groups excluding carboxylic acids is 1. The second-order valence-corrected chi connectivity index (χ2v) is 8.10. The fourth-order valence-electron chi connectivity index (χ4n) is 3.36. The van der Waals surface area contributed by atoms with E-state index >= 15 is 0 Å². The summed E-state index contributed by atoms with van der Waals surface area (Å²) in [4.78, 5) is 32.4. The average molecular weight is 487 g/mol. The molecule has 4 rings (SSSR count). The van der Waals surface area contributed by atoms with E-state index in [1.165, 1.54) is 18.2 Å². The van der Waals surface area contributed by atoms with Gasteiger partial charge in [0.25, 0.3) is 11.6 Å². The van der Waals surface area contributed by atoms with E-state index < -0.39 is 4.92 Å². The van der Waals surface area contributed by atoms with Crippen molar-refractivity contribution in [3.8, 4) is 11.5 Å². The molecule has 1 unspecified atom stereocenters. The molecule has 1 aliphatic rings.